The molecule has 0 bridgehead atoms. The van der Waals surface area contributed by atoms with Crippen LogP contribution < -0.4 is 0 Å². The zero-order valence-corrected chi connectivity index (χ0v) is 15.0. The summed E-state index contributed by atoms with van der Waals surface area (Å²) in [4.78, 5) is 15.6. The fourth-order valence-corrected chi connectivity index (χ4v) is 4.40. The average molecular weight is 415 g/mol. The third-order valence-corrected chi connectivity index (χ3v) is 6.37. The minimum Gasteiger partial charge on any atom is -0.463 e. The molecule has 0 unspecified atom stereocenters. The maximum atomic E-state index is 10.9. The lowest BCUT2D eigenvalue weighted by molar-refractivity contribution is -0.152. The maximum Gasteiger partial charge on any atom is 0.302 e. The predicted octanol–water partition coefficient (Wildman–Crippen LogP) is 3.18. The van der Waals surface area contributed by atoms with Gasteiger partial charge in [-0.15, -0.1) is 0 Å². The lowest BCUT2D eigenvalue weighted by Gasteiger charge is -2.40. The molecule has 0 aromatic carbocycles. The van der Waals surface area contributed by atoms with E-state index in [4.69, 9.17) is 14.5 Å². The van der Waals surface area contributed by atoms with E-state index >= 15 is 0 Å². The molecule has 108 valence electrons. The number of esters is 1. The normalized spacial score (nSPS) is 38.0. The van der Waals surface area contributed by atoms with Crippen molar-refractivity contribution in [1.29, 1.82) is 0 Å². The molecule has 2 aliphatic heterocycles. The molecule has 2 rings (SSSR count). The summed E-state index contributed by atoms with van der Waals surface area (Å²) in [6.07, 6.45) is -0.0497. The van der Waals surface area contributed by atoms with Crippen molar-refractivity contribution >= 4 is 54.6 Å². The summed E-state index contributed by atoms with van der Waals surface area (Å²) in [6.45, 7) is 6.07. The second-order valence-electron chi connectivity index (χ2n) is 4.94. The lowest BCUT2D eigenvalue weighted by Crippen LogP contribution is -2.47. The third-order valence-electron chi connectivity index (χ3n) is 3.69. The van der Waals surface area contributed by atoms with Crippen LogP contribution in [0.2, 0.25) is 0 Å². The summed E-state index contributed by atoms with van der Waals surface area (Å²) in [5.41, 5.74) is 0.0272. The number of rotatable bonds is 3. The summed E-state index contributed by atoms with van der Waals surface area (Å²) in [5.74, 6) is 0.457. The SMILES string of the molecule is CC(=O)OC[C@H]1O[C@@H]2SC(C(Br)Br)=N[C@@H]2[C@@H](C)[C@@H]1C. The van der Waals surface area contributed by atoms with Crippen LogP contribution in [-0.4, -0.2) is 38.9 Å². The molecule has 0 saturated carbocycles. The van der Waals surface area contributed by atoms with E-state index < -0.39 is 0 Å². The summed E-state index contributed by atoms with van der Waals surface area (Å²) in [5, 5.41) is 1.02. The first kappa shape index (κ1) is 15.8. The molecule has 0 aliphatic carbocycles. The van der Waals surface area contributed by atoms with Gasteiger partial charge in [0.25, 0.3) is 0 Å². The molecule has 5 atom stereocenters. The van der Waals surface area contributed by atoms with E-state index in [1.807, 2.05) is 0 Å². The standard InChI is InChI=1S/C12H17Br2NO3S/c1-5-6(2)9-12(19-11(15-9)10(13)14)18-8(5)4-17-7(3)16/h5-6,8-10,12H,4H2,1-3H3/t5-,6-,8+,9+,12+/m0/s1. The van der Waals surface area contributed by atoms with E-state index in [0.717, 1.165) is 5.04 Å². The molecule has 7 heteroatoms. The van der Waals surface area contributed by atoms with Gasteiger partial charge in [0.2, 0.25) is 0 Å². The van der Waals surface area contributed by atoms with Gasteiger partial charge >= 0.3 is 5.97 Å². The van der Waals surface area contributed by atoms with Crippen LogP contribution in [0.3, 0.4) is 0 Å². The Morgan fingerprint density at radius 1 is 1.47 bits per heavy atom. The van der Waals surface area contributed by atoms with Crippen LogP contribution in [-0.2, 0) is 14.3 Å². The van der Waals surface area contributed by atoms with Crippen molar-refractivity contribution in [3.8, 4) is 0 Å². The van der Waals surface area contributed by atoms with Gasteiger partial charge in [0.1, 0.15) is 15.8 Å². The van der Waals surface area contributed by atoms with Crippen LogP contribution in [0.15, 0.2) is 4.99 Å². The first-order valence-electron chi connectivity index (χ1n) is 6.21. The van der Waals surface area contributed by atoms with Crippen molar-refractivity contribution in [3.63, 3.8) is 0 Å². The van der Waals surface area contributed by atoms with E-state index in [1.54, 1.807) is 11.8 Å². The highest BCUT2D eigenvalue weighted by Crippen LogP contribution is 2.43. The minimum absolute atomic E-state index is 0.0272. The number of hydrogen-bond acceptors (Lipinski definition) is 5. The van der Waals surface area contributed by atoms with Crippen molar-refractivity contribution in [1.82, 2.24) is 0 Å². The van der Waals surface area contributed by atoms with Gasteiger partial charge in [0.05, 0.1) is 17.2 Å². The van der Waals surface area contributed by atoms with Crippen LogP contribution in [0.4, 0.5) is 0 Å². The topological polar surface area (TPSA) is 47.9 Å². The zero-order chi connectivity index (χ0) is 14.2. The van der Waals surface area contributed by atoms with Crippen molar-refractivity contribution in [2.45, 2.75) is 42.1 Å². The third kappa shape index (κ3) is 3.54. The molecule has 0 aromatic heterocycles. The van der Waals surface area contributed by atoms with Crippen LogP contribution in [0.5, 0.6) is 0 Å². The van der Waals surface area contributed by atoms with Gasteiger partial charge in [-0.2, -0.15) is 0 Å². The Balaban J connectivity index is 2.03. The quantitative estimate of drug-likeness (QED) is 0.525. The van der Waals surface area contributed by atoms with E-state index in [-0.39, 0.29) is 27.3 Å². The smallest absolute Gasteiger partial charge is 0.302 e. The number of hydrogen-bond donors (Lipinski definition) is 0. The Labute approximate surface area is 134 Å². The van der Waals surface area contributed by atoms with Crippen LogP contribution in [0, 0.1) is 11.8 Å². The van der Waals surface area contributed by atoms with Gasteiger partial charge in [-0.1, -0.05) is 57.5 Å². The van der Waals surface area contributed by atoms with Gasteiger partial charge in [0.15, 0.2) is 0 Å². The first-order valence-corrected chi connectivity index (χ1v) is 8.92. The Morgan fingerprint density at radius 2 is 2.16 bits per heavy atom. The molecular formula is C12H17Br2NO3S. The largest absolute Gasteiger partial charge is 0.463 e. The molecule has 0 amide bonds. The van der Waals surface area contributed by atoms with E-state index in [9.17, 15) is 4.79 Å². The number of alkyl halides is 2. The molecule has 0 spiro atoms. The molecule has 19 heavy (non-hydrogen) atoms. The van der Waals surface area contributed by atoms with Crippen LogP contribution in [0.25, 0.3) is 0 Å². The zero-order valence-electron chi connectivity index (χ0n) is 11.0. The number of halogens is 2. The van der Waals surface area contributed by atoms with Gasteiger partial charge in [-0.3, -0.25) is 9.79 Å². The molecular weight excluding hydrogens is 398 g/mol. The maximum absolute atomic E-state index is 10.9. The van der Waals surface area contributed by atoms with Crippen LogP contribution >= 0.6 is 43.6 Å². The number of nitrogens with zero attached hydrogens (tertiary/aromatic N) is 1. The Hall–Kier alpha value is 0.410. The minimum atomic E-state index is -0.262. The summed E-state index contributed by atoms with van der Waals surface area (Å²) < 4.78 is 11.2. The fourth-order valence-electron chi connectivity index (χ4n) is 2.34. The fraction of sp³-hybridized carbons (Fsp3) is 0.833. The summed E-state index contributed by atoms with van der Waals surface area (Å²) in [6, 6.07) is 0.182. The molecule has 1 saturated heterocycles. The second-order valence-corrected chi connectivity index (χ2v) is 9.12. The highest BCUT2D eigenvalue weighted by molar-refractivity contribution is 9.25. The molecule has 0 N–H and O–H groups in total. The highest BCUT2D eigenvalue weighted by atomic mass is 79.9. The molecule has 2 aliphatic rings. The molecule has 4 nitrogen and oxygen atoms in total. The number of ether oxygens (including phenoxy) is 2. The first-order chi connectivity index (χ1) is 8.90. The van der Waals surface area contributed by atoms with Crippen molar-refractivity contribution in [2.24, 2.45) is 16.8 Å². The highest BCUT2D eigenvalue weighted by Gasteiger charge is 2.46. The molecule has 0 aromatic rings. The van der Waals surface area contributed by atoms with Gasteiger partial charge in [0, 0.05) is 6.92 Å². The van der Waals surface area contributed by atoms with Crippen molar-refractivity contribution < 1.29 is 14.3 Å². The number of carbonyl (C=O) groups excluding carboxylic acids is 1. The van der Waals surface area contributed by atoms with Gasteiger partial charge < -0.3 is 9.47 Å². The number of carbonyl (C=O) groups is 1. The van der Waals surface area contributed by atoms with E-state index in [1.165, 1.54) is 6.92 Å². The van der Waals surface area contributed by atoms with Gasteiger partial charge in [-0.25, -0.2) is 0 Å². The summed E-state index contributed by atoms with van der Waals surface area (Å²) >= 11 is 8.59. The van der Waals surface area contributed by atoms with E-state index in [2.05, 4.69) is 45.7 Å². The molecule has 2 heterocycles. The van der Waals surface area contributed by atoms with Crippen molar-refractivity contribution in [3.05, 3.63) is 0 Å². The molecule has 1 fully saturated rings. The molecule has 0 radical (unpaired) electrons. The van der Waals surface area contributed by atoms with Gasteiger partial charge in [-0.05, 0) is 11.8 Å². The lowest BCUT2D eigenvalue weighted by atomic mass is 9.83. The Bertz CT molecular complexity index is 391. The number of aliphatic imine (C=N–C) groups is 1. The summed E-state index contributed by atoms with van der Waals surface area (Å²) in [7, 11) is 0. The monoisotopic (exact) mass is 413 g/mol. The van der Waals surface area contributed by atoms with E-state index in [0.29, 0.717) is 18.4 Å². The average Bonchev–Trinajstić information content (AvgIpc) is 2.76. The Kier molecular flexibility index (Phi) is 5.36. The van der Waals surface area contributed by atoms with Crippen LogP contribution in [0.1, 0.15) is 20.8 Å². The van der Waals surface area contributed by atoms with Crippen molar-refractivity contribution in [2.75, 3.05) is 6.61 Å². The number of fused-ring (bicyclic) bond motifs is 1. The Morgan fingerprint density at radius 3 is 2.74 bits per heavy atom. The predicted molar refractivity (Wildman–Crippen MR) is 84.1 cm³/mol. The second kappa shape index (κ2) is 6.45. The number of thioether (sulfide) groups is 1.